The van der Waals surface area contributed by atoms with E-state index in [4.69, 9.17) is 5.73 Å². The molecular formula is C10H17N3. The Kier molecular flexibility index (Phi) is 3.25. The average molecular weight is 179 g/mol. The molecule has 0 aromatic carbocycles. The molecule has 1 rings (SSSR count). The zero-order valence-electron chi connectivity index (χ0n) is 8.33. The van der Waals surface area contributed by atoms with Crippen LogP contribution < -0.4 is 5.73 Å². The Morgan fingerprint density at radius 3 is 2.92 bits per heavy atom. The monoisotopic (exact) mass is 179 g/mol. The van der Waals surface area contributed by atoms with Crippen LogP contribution in [0.1, 0.15) is 31.5 Å². The summed E-state index contributed by atoms with van der Waals surface area (Å²) in [5.74, 6) is 0. The van der Waals surface area contributed by atoms with Crippen LogP contribution in [0.3, 0.4) is 0 Å². The van der Waals surface area contributed by atoms with Crippen molar-refractivity contribution in [2.45, 2.75) is 25.8 Å². The molecule has 1 unspecified atom stereocenters. The summed E-state index contributed by atoms with van der Waals surface area (Å²) in [5.41, 5.74) is 8.25. The Morgan fingerprint density at radius 1 is 1.77 bits per heavy atom. The van der Waals surface area contributed by atoms with E-state index in [9.17, 15) is 0 Å². The molecule has 0 aliphatic carbocycles. The van der Waals surface area contributed by atoms with E-state index in [1.807, 2.05) is 24.7 Å². The molecule has 0 aliphatic rings. The van der Waals surface area contributed by atoms with Crippen LogP contribution in [0.15, 0.2) is 24.4 Å². The van der Waals surface area contributed by atoms with Gasteiger partial charge in [0.25, 0.3) is 0 Å². The van der Waals surface area contributed by atoms with Gasteiger partial charge in [0.1, 0.15) is 0 Å². The third-order valence-electron chi connectivity index (χ3n) is 2.12. The van der Waals surface area contributed by atoms with Gasteiger partial charge in [0.15, 0.2) is 0 Å². The van der Waals surface area contributed by atoms with E-state index in [2.05, 4.69) is 11.7 Å². The van der Waals surface area contributed by atoms with E-state index < -0.39 is 0 Å². The van der Waals surface area contributed by atoms with Crippen LogP contribution in [0, 0.1) is 0 Å². The van der Waals surface area contributed by atoms with Gasteiger partial charge in [-0.25, -0.2) is 0 Å². The first-order valence-corrected chi connectivity index (χ1v) is 4.49. The largest absolute Gasteiger partial charge is 0.323 e. The van der Waals surface area contributed by atoms with Crippen LogP contribution in [-0.2, 0) is 7.05 Å². The van der Waals surface area contributed by atoms with Crippen molar-refractivity contribution < 1.29 is 0 Å². The van der Waals surface area contributed by atoms with Gasteiger partial charge in [-0.3, -0.25) is 4.68 Å². The second-order valence-corrected chi connectivity index (χ2v) is 3.48. The third kappa shape index (κ3) is 2.70. The summed E-state index contributed by atoms with van der Waals surface area (Å²) in [7, 11) is 1.91. The lowest BCUT2D eigenvalue weighted by molar-refractivity contribution is 0.581. The average Bonchev–Trinajstić information content (AvgIpc) is 2.47. The van der Waals surface area contributed by atoms with Gasteiger partial charge in [-0.2, -0.15) is 5.10 Å². The normalized spacial score (nSPS) is 12.8. The highest BCUT2D eigenvalue weighted by Crippen LogP contribution is 2.16. The van der Waals surface area contributed by atoms with E-state index in [0.717, 1.165) is 18.5 Å². The lowest BCUT2D eigenvalue weighted by Crippen LogP contribution is -2.14. The minimum atomic E-state index is 0.0733. The van der Waals surface area contributed by atoms with Gasteiger partial charge < -0.3 is 5.73 Å². The number of hydrogen-bond acceptors (Lipinski definition) is 2. The zero-order valence-corrected chi connectivity index (χ0v) is 8.33. The summed E-state index contributed by atoms with van der Waals surface area (Å²) in [6.45, 7) is 5.88. The molecule has 0 amide bonds. The standard InChI is InChI=1S/C10H17N3/c1-8(2)4-5-9(11)10-6-7-12-13(10)3/h6-7,9H,1,4-5,11H2,2-3H3. The van der Waals surface area contributed by atoms with Gasteiger partial charge in [0.2, 0.25) is 0 Å². The molecule has 2 N–H and O–H groups in total. The van der Waals surface area contributed by atoms with Crippen LogP contribution in [0.5, 0.6) is 0 Å². The number of nitrogens with two attached hydrogens (primary N) is 1. The van der Waals surface area contributed by atoms with Crippen molar-refractivity contribution in [1.82, 2.24) is 9.78 Å². The summed E-state index contributed by atoms with van der Waals surface area (Å²) in [6, 6.07) is 2.03. The Labute approximate surface area is 79.2 Å². The van der Waals surface area contributed by atoms with Crippen LogP contribution in [-0.4, -0.2) is 9.78 Å². The van der Waals surface area contributed by atoms with Crippen molar-refractivity contribution in [3.8, 4) is 0 Å². The molecule has 0 aliphatic heterocycles. The number of hydrogen-bond donors (Lipinski definition) is 1. The molecule has 1 heterocycles. The molecule has 1 aromatic heterocycles. The lowest BCUT2D eigenvalue weighted by atomic mass is 10.1. The van der Waals surface area contributed by atoms with E-state index in [1.54, 1.807) is 6.20 Å². The summed E-state index contributed by atoms with van der Waals surface area (Å²) in [6.07, 6.45) is 3.69. The molecule has 0 saturated heterocycles. The molecule has 3 nitrogen and oxygen atoms in total. The van der Waals surface area contributed by atoms with Crippen molar-refractivity contribution in [2.24, 2.45) is 12.8 Å². The van der Waals surface area contributed by atoms with Crippen molar-refractivity contribution in [3.63, 3.8) is 0 Å². The first kappa shape index (κ1) is 9.99. The fraction of sp³-hybridized carbons (Fsp3) is 0.500. The van der Waals surface area contributed by atoms with E-state index in [-0.39, 0.29) is 6.04 Å². The Hall–Kier alpha value is -1.09. The molecule has 1 atom stereocenters. The first-order chi connectivity index (χ1) is 6.11. The van der Waals surface area contributed by atoms with Gasteiger partial charge in [-0.1, -0.05) is 5.57 Å². The summed E-state index contributed by atoms with van der Waals surface area (Å²) < 4.78 is 1.82. The molecule has 0 radical (unpaired) electrons. The van der Waals surface area contributed by atoms with Crippen LogP contribution in [0.25, 0.3) is 0 Å². The smallest absolute Gasteiger partial charge is 0.0548 e. The zero-order chi connectivity index (χ0) is 9.84. The first-order valence-electron chi connectivity index (χ1n) is 4.49. The fourth-order valence-electron chi connectivity index (χ4n) is 1.30. The third-order valence-corrected chi connectivity index (χ3v) is 2.12. The Morgan fingerprint density at radius 2 is 2.46 bits per heavy atom. The van der Waals surface area contributed by atoms with Crippen molar-refractivity contribution in [2.75, 3.05) is 0 Å². The van der Waals surface area contributed by atoms with Crippen molar-refractivity contribution in [1.29, 1.82) is 0 Å². The predicted octanol–water partition coefficient (Wildman–Crippen LogP) is 1.78. The highest BCUT2D eigenvalue weighted by Gasteiger charge is 2.08. The Balaban J connectivity index is 2.53. The Bertz CT molecular complexity index is 288. The second-order valence-electron chi connectivity index (χ2n) is 3.48. The molecular weight excluding hydrogens is 162 g/mol. The molecule has 1 aromatic rings. The van der Waals surface area contributed by atoms with Gasteiger partial charge in [0, 0.05) is 19.3 Å². The second kappa shape index (κ2) is 4.23. The van der Waals surface area contributed by atoms with Crippen LogP contribution in [0.4, 0.5) is 0 Å². The molecule has 0 spiro atoms. The minimum absolute atomic E-state index is 0.0733. The lowest BCUT2D eigenvalue weighted by Gasteiger charge is -2.11. The van der Waals surface area contributed by atoms with Gasteiger partial charge in [0.05, 0.1) is 5.69 Å². The molecule has 13 heavy (non-hydrogen) atoms. The van der Waals surface area contributed by atoms with E-state index >= 15 is 0 Å². The van der Waals surface area contributed by atoms with Gasteiger partial charge >= 0.3 is 0 Å². The summed E-state index contributed by atoms with van der Waals surface area (Å²) in [4.78, 5) is 0. The molecule has 72 valence electrons. The fourth-order valence-corrected chi connectivity index (χ4v) is 1.30. The maximum atomic E-state index is 5.99. The summed E-state index contributed by atoms with van der Waals surface area (Å²) >= 11 is 0. The van der Waals surface area contributed by atoms with Crippen LogP contribution >= 0.6 is 0 Å². The highest BCUT2D eigenvalue weighted by atomic mass is 15.3. The maximum absolute atomic E-state index is 5.99. The minimum Gasteiger partial charge on any atom is -0.323 e. The topological polar surface area (TPSA) is 43.8 Å². The van der Waals surface area contributed by atoms with Crippen molar-refractivity contribution >= 4 is 0 Å². The number of aryl methyl sites for hydroxylation is 1. The summed E-state index contributed by atoms with van der Waals surface area (Å²) in [5, 5.41) is 4.08. The quantitative estimate of drug-likeness (QED) is 0.716. The SMILES string of the molecule is C=C(C)CCC(N)c1ccnn1C. The van der Waals surface area contributed by atoms with Gasteiger partial charge in [-0.05, 0) is 25.8 Å². The molecule has 3 heteroatoms. The predicted molar refractivity (Wildman–Crippen MR) is 54.2 cm³/mol. The molecule has 0 saturated carbocycles. The number of aromatic nitrogens is 2. The van der Waals surface area contributed by atoms with Crippen molar-refractivity contribution in [3.05, 3.63) is 30.1 Å². The van der Waals surface area contributed by atoms with Gasteiger partial charge in [-0.15, -0.1) is 6.58 Å². The molecule has 0 bridgehead atoms. The van der Waals surface area contributed by atoms with Crippen LogP contribution in [0.2, 0.25) is 0 Å². The number of rotatable bonds is 4. The number of allylic oxidation sites excluding steroid dienone is 1. The van der Waals surface area contributed by atoms with E-state index in [0.29, 0.717) is 0 Å². The maximum Gasteiger partial charge on any atom is 0.0548 e. The van der Waals surface area contributed by atoms with E-state index in [1.165, 1.54) is 5.57 Å². The highest BCUT2D eigenvalue weighted by molar-refractivity contribution is 5.06. The number of nitrogens with zero attached hydrogens (tertiary/aromatic N) is 2. The molecule has 0 fully saturated rings.